The van der Waals surface area contributed by atoms with Gasteiger partial charge in [0.1, 0.15) is 0 Å². The molecule has 0 aliphatic carbocycles. The van der Waals surface area contributed by atoms with Gasteiger partial charge in [0, 0.05) is 37.3 Å². The summed E-state index contributed by atoms with van der Waals surface area (Å²) in [6, 6.07) is 27.3. The van der Waals surface area contributed by atoms with E-state index in [4.69, 9.17) is 18.9 Å². The van der Waals surface area contributed by atoms with E-state index in [0.717, 1.165) is 42.1 Å². The van der Waals surface area contributed by atoms with Gasteiger partial charge in [-0.05, 0) is 65.1 Å². The first-order valence-electron chi connectivity index (χ1n) is 15.0. The van der Waals surface area contributed by atoms with Crippen LogP contribution in [0.15, 0.2) is 95.9 Å². The molecule has 0 amide bonds. The molecule has 1 fully saturated rings. The van der Waals surface area contributed by atoms with Crippen molar-refractivity contribution in [3.63, 3.8) is 0 Å². The predicted molar refractivity (Wildman–Crippen MR) is 171 cm³/mol. The number of benzene rings is 4. The summed E-state index contributed by atoms with van der Waals surface area (Å²) in [6.45, 7) is 2.30. The predicted octanol–water partition coefficient (Wildman–Crippen LogP) is 5.60. The van der Waals surface area contributed by atoms with E-state index in [0.29, 0.717) is 24.2 Å². The maximum absolute atomic E-state index is 13.0. The monoisotopic (exact) mass is 630 g/mol. The number of nitrogens with one attached hydrogen (secondary N) is 1. The highest BCUT2D eigenvalue weighted by molar-refractivity contribution is 7.92. The molecule has 236 valence electrons. The molecule has 4 aromatic carbocycles. The number of ether oxygens (including phenoxy) is 4. The minimum absolute atomic E-state index is 0.0288. The summed E-state index contributed by atoms with van der Waals surface area (Å²) in [5.41, 5.74) is 5.42. The lowest BCUT2D eigenvalue weighted by molar-refractivity contribution is -0.253. The first kappa shape index (κ1) is 31.1. The number of sulfonamides is 1. The van der Waals surface area contributed by atoms with E-state index in [2.05, 4.69) is 21.8 Å². The SMILES string of the molecule is COc1cc2c(cc1OC)CN(CC1CC(c3ccc(CO)cc3)OC(c3cccc(NS(=O)(=O)c4ccccc4)c3)O1)CC2. The van der Waals surface area contributed by atoms with Crippen LogP contribution in [0.1, 0.15) is 46.6 Å². The van der Waals surface area contributed by atoms with Gasteiger partial charge >= 0.3 is 0 Å². The Balaban J connectivity index is 1.23. The molecule has 2 N–H and O–H groups in total. The number of hydrogen-bond donors (Lipinski definition) is 2. The zero-order valence-electron chi connectivity index (χ0n) is 25.4. The van der Waals surface area contributed by atoms with Crippen LogP contribution in [0.2, 0.25) is 0 Å². The van der Waals surface area contributed by atoms with Gasteiger partial charge in [-0.3, -0.25) is 9.62 Å². The molecule has 6 rings (SSSR count). The fraction of sp³-hybridized carbons (Fsp3) is 0.314. The molecule has 0 radical (unpaired) electrons. The Morgan fingerprint density at radius 2 is 1.60 bits per heavy atom. The molecule has 3 atom stereocenters. The van der Waals surface area contributed by atoms with Gasteiger partial charge in [-0.25, -0.2) is 8.42 Å². The Morgan fingerprint density at radius 3 is 2.31 bits per heavy atom. The summed E-state index contributed by atoms with van der Waals surface area (Å²) in [4.78, 5) is 2.57. The third kappa shape index (κ3) is 7.16. The fourth-order valence-electron chi connectivity index (χ4n) is 5.98. The average molecular weight is 631 g/mol. The van der Waals surface area contributed by atoms with Crippen molar-refractivity contribution in [3.8, 4) is 11.5 Å². The van der Waals surface area contributed by atoms with Crippen LogP contribution in [-0.4, -0.2) is 51.8 Å². The summed E-state index contributed by atoms with van der Waals surface area (Å²) >= 11 is 0. The molecule has 3 unspecified atom stereocenters. The highest BCUT2D eigenvalue weighted by Gasteiger charge is 2.34. The van der Waals surface area contributed by atoms with Crippen LogP contribution in [0.5, 0.6) is 11.5 Å². The van der Waals surface area contributed by atoms with Crippen LogP contribution in [0, 0.1) is 0 Å². The Kier molecular flexibility index (Phi) is 9.39. The van der Waals surface area contributed by atoms with E-state index in [1.165, 1.54) is 11.1 Å². The van der Waals surface area contributed by atoms with Gasteiger partial charge in [0.05, 0.1) is 37.9 Å². The number of aliphatic hydroxyl groups excluding tert-OH is 1. The second-order valence-electron chi connectivity index (χ2n) is 11.4. The Morgan fingerprint density at radius 1 is 0.867 bits per heavy atom. The lowest BCUT2D eigenvalue weighted by Gasteiger charge is -2.39. The molecule has 0 saturated carbocycles. The van der Waals surface area contributed by atoms with Gasteiger partial charge in [-0.2, -0.15) is 0 Å². The van der Waals surface area contributed by atoms with Crippen molar-refractivity contribution >= 4 is 15.7 Å². The highest BCUT2D eigenvalue weighted by Crippen LogP contribution is 2.40. The number of anilines is 1. The minimum atomic E-state index is -3.76. The topological polar surface area (TPSA) is 107 Å². The largest absolute Gasteiger partial charge is 0.493 e. The Labute approximate surface area is 264 Å². The zero-order chi connectivity index (χ0) is 31.4. The molecular formula is C35H38N2O7S. The van der Waals surface area contributed by atoms with Crippen LogP contribution < -0.4 is 14.2 Å². The summed E-state index contributed by atoms with van der Waals surface area (Å²) in [5, 5.41) is 9.54. The van der Waals surface area contributed by atoms with Crippen molar-refractivity contribution in [2.75, 3.05) is 32.0 Å². The molecule has 0 bridgehead atoms. The van der Waals surface area contributed by atoms with E-state index >= 15 is 0 Å². The number of fused-ring (bicyclic) bond motifs is 1. The average Bonchev–Trinajstić information content (AvgIpc) is 3.07. The molecular weight excluding hydrogens is 592 g/mol. The standard InChI is InChI=1S/C35H38N2O7S/c1-41-33-18-26-15-16-37(21-28(26)19-34(33)42-2)22-30-20-32(25-13-11-24(23-38)12-14-25)44-35(43-30)27-7-6-8-29(17-27)36-45(39,40)31-9-4-3-5-10-31/h3-14,17-19,30,32,35-36,38H,15-16,20-23H2,1-2H3. The number of rotatable bonds is 10. The molecule has 4 aromatic rings. The smallest absolute Gasteiger partial charge is 0.261 e. The molecule has 10 heteroatoms. The van der Waals surface area contributed by atoms with Crippen LogP contribution in [0.4, 0.5) is 5.69 Å². The van der Waals surface area contributed by atoms with Gasteiger partial charge < -0.3 is 24.1 Å². The van der Waals surface area contributed by atoms with E-state index in [9.17, 15) is 13.5 Å². The normalized spacial score (nSPS) is 20.3. The molecule has 1 saturated heterocycles. The first-order valence-corrected chi connectivity index (χ1v) is 16.5. The van der Waals surface area contributed by atoms with Gasteiger partial charge in [-0.1, -0.05) is 54.6 Å². The van der Waals surface area contributed by atoms with Crippen molar-refractivity contribution in [1.29, 1.82) is 0 Å². The Bertz CT molecular complexity index is 1710. The lowest BCUT2D eigenvalue weighted by Crippen LogP contribution is -2.41. The minimum Gasteiger partial charge on any atom is -0.493 e. The van der Waals surface area contributed by atoms with Gasteiger partial charge in [0.2, 0.25) is 0 Å². The van der Waals surface area contributed by atoms with Crippen molar-refractivity contribution in [2.24, 2.45) is 0 Å². The fourth-order valence-corrected chi connectivity index (χ4v) is 7.05. The number of nitrogens with zero attached hydrogens (tertiary/aromatic N) is 1. The van der Waals surface area contributed by atoms with E-state index in [-0.39, 0.29) is 23.7 Å². The number of hydrogen-bond acceptors (Lipinski definition) is 8. The molecule has 2 aliphatic heterocycles. The zero-order valence-corrected chi connectivity index (χ0v) is 26.2. The second kappa shape index (κ2) is 13.6. The lowest BCUT2D eigenvalue weighted by atomic mass is 9.97. The van der Waals surface area contributed by atoms with Crippen molar-refractivity contribution < 1.29 is 32.5 Å². The molecule has 0 spiro atoms. The number of aliphatic hydroxyl groups is 1. The maximum atomic E-state index is 13.0. The summed E-state index contributed by atoms with van der Waals surface area (Å²) in [6.07, 6.45) is 0.405. The van der Waals surface area contributed by atoms with Crippen LogP contribution in [0.3, 0.4) is 0 Å². The third-order valence-corrected chi connectivity index (χ3v) is 9.74. The molecule has 9 nitrogen and oxygen atoms in total. The van der Waals surface area contributed by atoms with E-state index in [1.54, 1.807) is 62.8 Å². The Hall–Kier alpha value is -3.93. The van der Waals surface area contributed by atoms with Crippen LogP contribution in [0.25, 0.3) is 0 Å². The van der Waals surface area contributed by atoms with Crippen LogP contribution >= 0.6 is 0 Å². The molecule has 0 aromatic heterocycles. The quantitative estimate of drug-likeness (QED) is 0.233. The van der Waals surface area contributed by atoms with Crippen molar-refractivity contribution in [3.05, 3.63) is 119 Å². The molecule has 2 heterocycles. The number of methoxy groups -OCH3 is 2. The van der Waals surface area contributed by atoms with Gasteiger partial charge in [-0.15, -0.1) is 0 Å². The van der Waals surface area contributed by atoms with E-state index in [1.807, 2.05) is 30.3 Å². The highest BCUT2D eigenvalue weighted by atomic mass is 32.2. The van der Waals surface area contributed by atoms with Gasteiger partial charge in [0.25, 0.3) is 10.0 Å². The summed E-state index contributed by atoms with van der Waals surface area (Å²) in [5.74, 6) is 1.46. The summed E-state index contributed by atoms with van der Waals surface area (Å²) < 4.78 is 52.9. The van der Waals surface area contributed by atoms with Gasteiger partial charge in [0.15, 0.2) is 17.8 Å². The third-order valence-electron chi connectivity index (χ3n) is 8.34. The second-order valence-corrected chi connectivity index (χ2v) is 13.0. The first-order chi connectivity index (χ1) is 21.8. The summed E-state index contributed by atoms with van der Waals surface area (Å²) in [7, 11) is -0.459. The van der Waals surface area contributed by atoms with E-state index < -0.39 is 16.3 Å². The molecule has 45 heavy (non-hydrogen) atoms. The maximum Gasteiger partial charge on any atom is 0.261 e. The van der Waals surface area contributed by atoms with Crippen LogP contribution in [-0.2, 0) is 39.1 Å². The molecule has 2 aliphatic rings. The van der Waals surface area contributed by atoms with Crippen molar-refractivity contribution in [1.82, 2.24) is 4.90 Å². The van der Waals surface area contributed by atoms with Crippen molar-refractivity contribution in [2.45, 2.75) is 49.4 Å².